The van der Waals surface area contributed by atoms with Crippen molar-refractivity contribution in [1.82, 2.24) is 19.6 Å². The summed E-state index contributed by atoms with van der Waals surface area (Å²) < 4.78 is 140. The van der Waals surface area contributed by atoms with E-state index in [1.807, 2.05) is 0 Å². The maximum Gasteiger partial charge on any atom is 0.417 e. The number of nitriles is 1. The van der Waals surface area contributed by atoms with E-state index in [0.717, 1.165) is 30.8 Å². The molecule has 0 N–H and O–H groups in total. The minimum absolute atomic E-state index is 0.169. The van der Waals surface area contributed by atoms with Gasteiger partial charge in [-0.25, -0.2) is 14.4 Å². The average Bonchev–Trinajstić information content (AvgIpc) is 3.23. The van der Waals surface area contributed by atoms with Crippen LogP contribution in [0.25, 0.3) is 28.2 Å². The molecule has 0 radical (unpaired) electrons. The highest BCUT2D eigenvalue weighted by atomic mass is 19.4. The minimum Gasteiger partial charge on any atom is -0.238 e. The molecule has 0 aliphatic carbocycles. The summed E-state index contributed by atoms with van der Waals surface area (Å²) in [6.07, 6.45) is -14.2. The molecule has 4 rings (SSSR count). The molecule has 2 heterocycles. The molecule has 15 heteroatoms. The first kappa shape index (κ1) is 27.8. The van der Waals surface area contributed by atoms with Gasteiger partial charge in [0.1, 0.15) is 11.4 Å². The largest absolute Gasteiger partial charge is 0.417 e. The minimum atomic E-state index is -5.51. The van der Waals surface area contributed by atoms with Gasteiger partial charge in [-0.1, -0.05) is 12.1 Å². The van der Waals surface area contributed by atoms with Gasteiger partial charge in [0, 0.05) is 16.7 Å². The van der Waals surface area contributed by atoms with E-state index in [-0.39, 0.29) is 23.6 Å². The van der Waals surface area contributed by atoms with Crippen LogP contribution in [0.2, 0.25) is 0 Å². The van der Waals surface area contributed by atoms with Crippen LogP contribution in [0.1, 0.15) is 41.8 Å². The Hall–Kier alpha value is -4.22. The fourth-order valence-corrected chi connectivity index (χ4v) is 3.90. The zero-order chi connectivity index (χ0) is 29.1. The number of benzene rings is 2. The monoisotopic (exact) mass is 561 g/mol. The second kappa shape index (κ2) is 8.92. The lowest BCUT2D eigenvalue weighted by Crippen LogP contribution is -2.17. The number of halogens is 10. The van der Waals surface area contributed by atoms with E-state index in [0.29, 0.717) is 18.2 Å². The van der Waals surface area contributed by atoms with Crippen LogP contribution < -0.4 is 0 Å². The zero-order valence-electron chi connectivity index (χ0n) is 19.6. The molecular weight excluding hydrogens is 548 g/mol. The van der Waals surface area contributed by atoms with Crippen LogP contribution in [0.5, 0.6) is 0 Å². The van der Waals surface area contributed by atoms with Crippen molar-refractivity contribution in [2.45, 2.75) is 38.0 Å². The molecule has 0 spiro atoms. The lowest BCUT2D eigenvalue weighted by atomic mass is 9.86. The van der Waals surface area contributed by atoms with Gasteiger partial charge in [-0.2, -0.15) is 54.4 Å². The number of fused-ring (bicyclic) bond motifs is 1. The average molecular weight is 561 g/mol. The van der Waals surface area contributed by atoms with Crippen molar-refractivity contribution < 1.29 is 43.9 Å². The number of aromatic nitrogens is 4. The van der Waals surface area contributed by atoms with Crippen molar-refractivity contribution in [3.63, 3.8) is 0 Å². The highest BCUT2D eigenvalue weighted by molar-refractivity contribution is 5.84. The Morgan fingerprint density at radius 3 is 1.97 bits per heavy atom. The second-order valence-electron chi connectivity index (χ2n) is 8.75. The molecule has 0 saturated carbocycles. The number of hydrogen-bond acceptors (Lipinski definition) is 4. The van der Waals surface area contributed by atoms with Crippen LogP contribution >= 0.6 is 0 Å². The molecular formula is C24H13F10N5. The summed E-state index contributed by atoms with van der Waals surface area (Å²) in [4.78, 5) is 7.68. The van der Waals surface area contributed by atoms with Crippen LogP contribution in [-0.2, 0) is 24.2 Å². The number of rotatable bonds is 3. The Kier molecular flexibility index (Phi) is 6.36. The van der Waals surface area contributed by atoms with Crippen LogP contribution in [-0.4, -0.2) is 19.6 Å². The molecule has 0 unspecified atom stereocenters. The van der Waals surface area contributed by atoms with Crippen LogP contribution in [0.3, 0.4) is 0 Å². The number of nitrogens with zero attached hydrogens (tertiary/aromatic N) is 5. The summed E-state index contributed by atoms with van der Waals surface area (Å²) in [5.41, 5.74) is -12.4. The Balaban J connectivity index is 2.12. The maximum atomic E-state index is 14.5. The molecule has 0 bridgehead atoms. The van der Waals surface area contributed by atoms with Crippen molar-refractivity contribution in [3.8, 4) is 28.5 Å². The Bertz CT molecular complexity index is 1620. The molecule has 39 heavy (non-hydrogen) atoms. The molecule has 0 aliphatic rings. The number of alkyl halides is 10. The van der Waals surface area contributed by atoms with Gasteiger partial charge in [0.2, 0.25) is 0 Å². The molecule has 2 aromatic carbocycles. The molecule has 0 fully saturated rings. The van der Waals surface area contributed by atoms with E-state index in [9.17, 15) is 49.2 Å². The van der Waals surface area contributed by atoms with Crippen molar-refractivity contribution in [3.05, 3.63) is 70.7 Å². The normalized spacial score (nSPS) is 13.1. The molecule has 5 nitrogen and oxygen atoms in total. The highest BCUT2D eigenvalue weighted by Gasteiger charge is 2.44. The molecule has 4 aromatic rings. The van der Waals surface area contributed by atoms with Gasteiger partial charge in [-0.3, -0.25) is 0 Å². The van der Waals surface area contributed by atoms with Gasteiger partial charge in [-0.05, 0) is 32.0 Å². The Morgan fingerprint density at radius 1 is 0.795 bits per heavy atom. The fraction of sp³-hybridized carbons (Fsp3) is 0.250. The third-order valence-corrected chi connectivity index (χ3v) is 5.65. The molecule has 0 aliphatic heterocycles. The highest BCUT2D eigenvalue weighted by Crippen LogP contribution is 2.49. The SMILES string of the molecule is CC(C)(F)c1cnn2c(-c3ccc(C(F)(F)F)c(-c4ccc(C(F)(F)F)cc4C#N)c3C(F)(F)F)cnc2n1. The van der Waals surface area contributed by atoms with Gasteiger partial charge in [0.05, 0.1) is 46.4 Å². The van der Waals surface area contributed by atoms with E-state index in [4.69, 9.17) is 0 Å². The van der Waals surface area contributed by atoms with Crippen molar-refractivity contribution in [2.75, 3.05) is 0 Å². The summed E-state index contributed by atoms with van der Waals surface area (Å²) in [5.74, 6) is -0.366. The van der Waals surface area contributed by atoms with Crippen LogP contribution in [0.4, 0.5) is 43.9 Å². The standard InChI is InChI=1S/C24H13F10N5/c1-21(2,25)17-10-37-39-16(9-36-20(39)38-17)14-5-6-15(23(29,30)31)18(19(14)24(32,33)34)13-4-3-12(22(26,27)28)7-11(13)8-35/h3-7,9-10H,1-2H3. The first-order valence-corrected chi connectivity index (χ1v) is 10.7. The quantitative estimate of drug-likeness (QED) is 0.242. The summed E-state index contributed by atoms with van der Waals surface area (Å²) in [6, 6.07) is 2.91. The lowest BCUT2D eigenvalue weighted by Gasteiger charge is -2.23. The van der Waals surface area contributed by atoms with Gasteiger partial charge >= 0.3 is 18.5 Å². The summed E-state index contributed by atoms with van der Waals surface area (Å²) in [6.45, 7) is 2.27. The molecule has 2 aromatic heterocycles. The third-order valence-electron chi connectivity index (χ3n) is 5.65. The second-order valence-corrected chi connectivity index (χ2v) is 8.75. The molecule has 0 saturated heterocycles. The Morgan fingerprint density at radius 2 is 1.44 bits per heavy atom. The van der Waals surface area contributed by atoms with Gasteiger partial charge < -0.3 is 0 Å². The van der Waals surface area contributed by atoms with E-state index in [1.54, 1.807) is 0 Å². The first-order chi connectivity index (χ1) is 17.8. The van der Waals surface area contributed by atoms with E-state index >= 15 is 0 Å². The molecule has 0 atom stereocenters. The molecule has 204 valence electrons. The van der Waals surface area contributed by atoms with Gasteiger partial charge in [0.25, 0.3) is 5.78 Å². The third kappa shape index (κ3) is 5.10. The number of imidazole rings is 1. The van der Waals surface area contributed by atoms with Crippen LogP contribution in [0.15, 0.2) is 42.7 Å². The van der Waals surface area contributed by atoms with Crippen molar-refractivity contribution in [1.29, 1.82) is 5.26 Å². The molecule has 0 amide bonds. The maximum absolute atomic E-state index is 14.5. The zero-order valence-corrected chi connectivity index (χ0v) is 19.6. The predicted octanol–water partition coefficient (Wildman–Crippen LogP) is 7.59. The summed E-state index contributed by atoms with van der Waals surface area (Å²) >= 11 is 0. The van der Waals surface area contributed by atoms with Crippen molar-refractivity contribution >= 4 is 5.78 Å². The topological polar surface area (TPSA) is 66.9 Å². The first-order valence-electron chi connectivity index (χ1n) is 10.7. The van der Waals surface area contributed by atoms with E-state index in [1.165, 1.54) is 6.07 Å². The fourth-order valence-electron chi connectivity index (χ4n) is 3.90. The summed E-state index contributed by atoms with van der Waals surface area (Å²) in [5, 5.41) is 13.2. The van der Waals surface area contributed by atoms with Gasteiger partial charge in [0.15, 0.2) is 0 Å². The number of hydrogen-bond donors (Lipinski definition) is 0. The Labute approximate surface area is 212 Å². The van der Waals surface area contributed by atoms with E-state index < -0.39 is 68.8 Å². The predicted molar refractivity (Wildman–Crippen MR) is 116 cm³/mol. The van der Waals surface area contributed by atoms with Crippen LogP contribution in [0, 0.1) is 11.3 Å². The van der Waals surface area contributed by atoms with E-state index in [2.05, 4.69) is 15.1 Å². The lowest BCUT2D eigenvalue weighted by molar-refractivity contribution is -0.142. The van der Waals surface area contributed by atoms with Crippen molar-refractivity contribution in [2.24, 2.45) is 0 Å². The summed E-state index contributed by atoms with van der Waals surface area (Å²) in [7, 11) is 0. The smallest absolute Gasteiger partial charge is 0.238 e. The van der Waals surface area contributed by atoms with Gasteiger partial charge in [-0.15, -0.1) is 0 Å².